The average Bonchev–Trinajstić information content (AvgIpc) is 2.46. The van der Waals surface area contributed by atoms with Crippen LogP contribution in [-0.4, -0.2) is 6.54 Å². The van der Waals surface area contributed by atoms with Gasteiger partial charge in [0.05, 0.1) is 0 Å². The van der Waals surface area contributed by atoms with Crippen LogP contribution >= 0.6 is 0 Å². The standard InChI is InChI=1S/C18H23N/c1-2-3-5-15-8-10-17(11-9-15)18-7-4-6-16(14-18)12-13-19/h4,6-11,14H,2-3,5,12-13,19H2,1H3. The normalized spacial score (nSPS) is 10.6. The maximum Gasteiger partial charge on any atom is -0.00367 e. The Morgan fingerprint density at radius 1 is 0.842 bits per heavy atom. The van der Waals surface area contributed by atoms with Gasteiger partial charge in [0.1, 0.15) is 0 Å². The number of benzene rings is 2. The van der Waals surface area contributed by atoms with Crippen LogP contribution in [0.5, 0.6) is 0 Å². The quantitative estimate of drug-likeness (QED) is 0.820. The van der Waals surface area contributed by atoms with Crippen LogP contribution in [0.2, 0.25) is 0 Å². The first-order chi connectivity index (χ1) is 9.33. The summed E-state index contributed by atoms with van der Waals surface area (Å²) in [6.45, 7) is 2.94. The van der Waals surface area contributed by atoms with Gasteiger partial charge < -0.3 is 5.73 Å². The van der Waals surface area contributed by atoms with E-state index in [2.05, 4.69) is 55.5 Å². The number of aryl methyl sites for hydroxylation is 1. The number of hydrogen-bond acceptors (Lipinski definition) is 1. The van der Waals surface area contributed by atoms with Crippen molar-refractivity contribution in [2.45, 2.75) is 32.6 Å². The summed E-state index contributed by atoms with van der Waals surface area (Å²) in [5, 5.41) is 0. The number of unbranched alkanes of at least 4 members (excludes halogenated alkanes) is 1. The fourth-order valence-corrected chi connectivity index (χ4v) is 2.32. The Balaban J connectivity index is 2.14. The van der Waals surface area contributed by atoms with Gasteiger partial charge >= 0.3 is 0 Å². The lowest BCUT2D eigenvalue weighted by Crippen LogP contribution is -2.02. The van der Waals surface area contributed by atoms with Crippen LogP contribution in [0.1, 0.15) is 30.9 Å². The van der Waals surface area contributed by atoms with E-state index in [-0.39, 0.29) is 0 Å². The van der Waals surface area contributed by atoms with Gasteiger partial charge in [-0.1, -0.05) is 61.9 Å². The molecule has 0 radical (unpaired) electrons. The minimum absolute atomic E-state index is 0.708. The molecule has 0 fully saturated rings. The molecule has 0 aromatic heterocycles. The molecule has 1 heteroatoms. The van der Waals surface area contributed by atoms with Crippen molar-refractivity contribution in [3.63, 3.8) is 0 Å². The first-order valence-electron chi connectivity index (χ1n) is 7.22. The first-order valence-corrected chi connectivity index (χ1v) is 7.22. The van der Waals surface area contributed by atoms with Gasteiger partial charge in [-0.05, 0) is 48.1 Å². The van der Waals surface area contributed by atoms with Crippen molar-refractivity contribution in [1.82, 2.24) is 0 Å². The van der Waals surface area contributed by atoms with E-state index in [0.29, 0.717) is 6.54 Å². The highest BCUT2D eigenvalue weighted by atomic mass is 14.5. The molecule has 100 valence electrons. The molecular weight excluding hydrogens is 230 g/mol. The van der Waals surface area contributed by atoms with Gasteiger partial charge in [-0.2, -0.15) is 0 Å². The highest BCUT2D eigenvalue weighted by Crippen LogP contribution is 2.21. The Kier molecular flexibility index (Phi) is 5.17. The van der Waals surface area contributed by atoms with Crippen molar-refractivity contribution in [3.05, 3.63) is 59.7 Å². The molecular formula is C18H23N. The summed E-state index contributed by atoms with van der Waals surface area (Å²) in [6.07, 6.45) is 4.65. The van der Waals surface area contributed by atoms with Crippen molar-refractivity contribution < 1.29 is 0 Å². The highest BCUT2D eigenvalue weighted by Gasteiger charge is 2.00. The third-order valence-electron chi connectivity index (χ3n) is 3.47. The Bertz CT molecular complexity index is 499. The molecule has 0 saturated carbocycles. The molecule has 0 aliphatic heterocycles. The average molecular weight is 253 g/mol. The SMILES string of the molecule is CCCCc1ccc(-c2cccc(CCN)c2)cc1. The van der Waals surface area contributed by atoms with Gasteiger partial charge in [0.25, 0.3) is 0 Å². The maximum atomic E-state index is 5.62. The third kappa shape index (κ3) is 3.93. The molecule has 0 amide bonds. The van der Waals surface area contributed by atoms with Crippen LogP contribution in [0.15, 0.2) is 48.5 Å². The summed E-state index contributed by atoms with van der Waals surface area (Å²) in [7, 11) is 0. The maximum absolute atomic E-state index is 5.62. The predicted octanol–water partition coefficient (Wildman–Crippen LogP) is 4.20. The largest absolute Gasteiger partial charge is 0.330 e. The van der Waals surface area contributed by atoms with Crippen molar-refractivity contribution in [2.75, 3.05) is 6.54 Å². The van der Waals surface area contributed by atoms with Crippen molar-refractivity contribution in [2.24, 2.45) is 5.73 Å². The van der Waals surface area contributed by atoms with Crippen LogP contribution in [0.25, 0.3) is 11.1 Å². The highest BCUT2D eigenvalue weighted by molar-refractivity contribution is 5.64. The van der Waals surface area contributed by atoms with E-state index in [1.54, 1.807) is 0 Å². The predicted molar refractivity (Wildman–Crippen MR) is 83.2 cm³/mol. The van der Waals surface area contributed by atoms with E-state index in [1.807, 2.05) is 0 Å². The molecule has 0 aliphatic rings. The van der Waals surface area contributed by atoms with E-state index in [4.69, 9.17) is 5.73 Å². The van der Waals surface area contributed by atoms with E-state index < -0.39 is 0 Å². The molecule has 2 aromatic rings. The van der Waals surface area contributed by atoms with Crippen LogP contribution < -0.4 is 5.73 Å². The Morgan fingerprint density at radius 2 is 1.63 bits per heavy atom. The summed E-state index contributed by atoms with van der Waals surface area (Å²) in [5.74, 6) is 0. The Morgan fingerprint density at radius 3 is 2.32 bits per heavy atom. The van der Waals surface area contributed by atoms with Gasteiger partial charge in [-0.25, -0.2) is 0 Å². The summed E-state index contributed by atoms with van der Waals surface area (Å²) < 4.78 is 0. The molecule has 2 aromatic carbocycles. The second-order valence-corrected chi connectivity index (χ2v) is 5.04. The lowest BCUT2D eigenvalue weighted by Gasteiger charge is -2.06. The zero-order valence-electron chi connectivity index (χ0n) is 11.7. The molecule has 0 heterocycles. The van der Waals surface area contributed by atoms with Gasteiger partial charge in [-0.3, -0.25) is 0 Å². The molecule has 0 saturated heterocycles. The van der Waals surface area contributed by atoms with Crippen LogP contribution in [0, 0.1) is 0 Å². The fraction of sp³-hybridized carbons (Fsp3) is 0.333. The molecule has 0 unspecified atom stereocenters. The van der Waals surface area contributed by atoms with E-state index in [9.17, 15) is 0 Å². The third-order valence-corrected chi connectivity index (χ3v) is 3.47. The zero-order valence-corrected chi connectivity index (χ0v) is 11.7. The minimum atomic E-state index is 0.708. The topological polar surface area (TPSA) is 26.0 Å². The van der Waals surface area contributed by atoms with E-state index in [0.717, 1.165) is 6.42 Å². The zero-order chi connectivity index (χ0) is 13.5. The van der Waals surface area contributed by atoms with Crippen molar-refractivity contribution in [3.8, 4) is 11.1 Å². The van der Waals surface area contributed by atoms with Crippen LogP contribution in [0.4, 0.5) is 0 Å². The monoisotopic (exact) mass is 253 g/mol. The van der Waals surface area contributed by atoms with Gasteiger partial charge in [0.15, 0.2) is 0 Å². The molecule has 0 bridgehead atoms. The van der Waals surface area contributed by atoms with Crippen molar-refractivity contribution >= 4 is 0 Å². The Labute approximate surface area is 116 Å². The van der Waals surface area contributed by atoms with Gasteiger partial charge in [0, 0.05) is 0 Å². The summed E-state index contributed by atoms with van der Waals surface area (Å²) in [6, 6.07) is 17.6. The fourth-order valence-electron chi connectivity index (χ4n) is 2.32. The van der Waals surface area contributed by atoms with Crippen molar-refractivity contribution in [1.29, 1.82) is 0 Å². The molecule has 19 heavy (non-hydrogen) atoms. The first kappa shape index (κ1) is 13.8. The Hall–Kier alpha value is -1.60. The molecule has 1 nitrogen and oxygen atoms in total. The minimum Gasteiger partial charge on any atom is -0.330 e. The number of rotatable bonds is 6. The number of nitrogens with two attached hydrogens (primary N) is 1. The van der Waals surface area contributed by atoms with E-state index in [1.165, 1.54) is 41.5 Å². The second-order valence-electron chi connectivity index (χ2n) is 5.04. The molecule has 0 spiro atoms. The van der Waals surface area contributed by atoms with Crippen LogP contribution in [-0.2, 0) is 12.8 Å². The smallest absolute Gasteiger partial charge is 0.00367 e. The molecule has 0 aliphatic carbocycles. The summed E-state index contributed by atoms with van der Waals surface area (Å²) >= 11 is 0. The lowest BCUT2D eigenvalue weighted by molar-refractivity contribution is 0.795. The molecule has 2 rings (SSSR count). The summed E-state index contributed by atoms with van der Waals surface area (Å²) in [4.78, 5) is 0. The number of hydrogen-bond donors (Lipinski definition) is 1. The second kappa shape index (κ2) is 7.10. The van der Waals surface area contributed by atoms with Gasteiger partial charge in [-0.15, -0.1) is 0 Å². The lowest BCUT2D eigenvalue weighted by atomic mass is 9.99. The van der Waals surface area contributed by atoms with Gasteiger partial charge in [0.2, 0.25) is 0 Å². The molecule has 2 N–H and O–H groups in total. The summed E-state index contributed by atoms with van der Waals surface area (Å²) in [5.41, 5.74) is 10.9. The van der Waals surface area contributed by atoms with E-state index >= 15 is 0 Å². The van der Waals surface area contributed by atoms with Crippen LogP contribution in [0.3, 0.4) is 0 Å². The molecule has 0 atom stereocenters.